The largest absolute Gasteiger partial charge is 0.378 e. The molecule has 0 bridgehead atoms. The van der Waals surface area contributed by atoms with Gasteiger partial charge in [0.15, 0.2) is 5.78 Å². The molecule has 1 amide bonds. The third kappa shape index (κ3) is 4.15. The molecule has 0 radical (unpaired) electrons. The average molecular weight is 543 g/mol. The molecular weight excluding hydrogens is 512 g/mol. The van der Waals surface area contributed by atoms with Crippen molar-refractivity contribution < 1.29 is 14.3 Å². The van der Waals surface area contributed by atoms with Gasteiger partial charge in [-0.1, -0.05) is 48.9 Å². The molecule has 0 saturated carbocycles. The number of benzene rings is 2. The van der Waals surface area contributed by atoms with Gasteiger partial charge in [-0.05, 0) is 56.5 Å². The lowest BCUT2D eigenvalue weighted by Crippen LogP contribution is -2.54. The predicted octanol–water partition coefficient (Wildman–Crippen LogP) is 5.38. The molecule has 4 heterocycles. The smallest absolute Gasteiger partial charge is 0.259 e. The Morgan fingerprint density at radius 2 is 1.82 bits per heavy atom. The van der Waals surface area contributed by atoms with E-state index in [1.54, 1.807) is 19.2 Å². The summed E-state index contributed by atoms with van der Waals surface area (Å²) in [4.78, 5) is 40.5. The van der Waals surface area contributed by atoms with Gasteiger partial charge >= 0.3 is 0 Å². The number of amides is 1. The Bertz CT molecular complexity index is 1530. The van der Waals surface area contributed by atoms with E-state index in [-0.39, 0.29) is 17.1 Å². The van der Waals surface area contributed by atoms with Gasteiger partial charge in [0.1, 0.15) is 0 Å². The van der Waals surface area contributed by atoms with Crippen LogP contribution < -0.4 is 9.80 Å². The number of rotatable bonds is 4. The van der Waals surface area contributed by atoms with E-state index in [9.17, 15) is 9.59 Å². The van der Waals surface area contributed by atoms with Crippen LogP contribution in [-0.4, -0.2) is 53.5 Å². The van der Waals surface area contributed by atoms with Crippen LogP contribution >= 0.6 is 11.6 Å². The van der Waals surface area contributed by atoms with Gasteiger partial charge < -0.3 is 14.5 Å². The minimum Gasteiger partial charge on any atom is -0.378 e. The third-order valence-electron chi connectivity index (χ3n) is 8.22. The number of morpholine rings is 1. The lowest BCUT2D eigenvalue weighted by molar-refractivity contribution is -0.114. The molecule has 0 spiro atoms. The molecular formula is C31H31ClN4O3. The Morgan fingerprint density at radius 1 is 1.10 bits per heavy atom. The van der Waals surface area contributed by atoms with Gasteiger partial charge in [0.2, 0.25) is 5.95 Å². The highest BCUT2D eigenvalue weighted by molar-refractivity contribution is 6.38. The second-order valence-corrected chi connectivity index (χ2v) is 11.8. The molecule has 3 aromatic rings. The van der Waals surface area contributed by atoms with Crippen molar-refractivity contribution >= 4 is 40.5 Å². The Kier molecular flexibility index (Phi) is 6.12. The summed E-state index contributed by atoms with van der Waals surface area (Å²) in [6, 6.07) is 14.1. The zero-order valence-electron chi connectivity index (χ0n) is 22.6. The molecule has 1 atom stereocenters. The van der Waals surface area contributed by atoms with Crippen molar-refractivity contribution in [2.24, 2.45) is 0 Å². The molecule has 0 N–H and O–H groups in total. The van der Waals surface area contributed by atoms with E-state index in [1.165, 1.54) is 6.08 Å². The maximum absolute atomic E-state index is 14.0. The highest BCUT2D eigenvalue weighted by Gasteiger charge is 2.52. The lowest BCUT2D eigenvalue weighted by Gasteiger charge is -2.49. The molecule has 1 saturated heterocycles. The quantitative estimate of drug-likeness (QED) is 0.325. The monoisotopic (exact) mass is 542 g/mol. The van der Waals surface area contributed by atoms with E-state index in [0.29, 0.717) is 66.1 Å². The van der Waals surface area contributed by atoms with E-state index in [1.807, 2.05) is 34.1 Å². The van der Waals surface area contributed by atoms with Crippen LogP contribution in [0.1, 0.15) is 59.9 Å². The standard InChI is InChI=1S/C31H31ClN4O3/c1-19-24(17-33-29(34-19)35-10-12-39-13-11-35)26(37)16-23-22-14-21(32)15-25-27(22)36(28(23)38)30(2,3)18-31(25,4)20-8-6-5-7-9-20/h5-9,14-17H,10-13,18H2,1-4H3. The highest BCUT2D eigenvalue weighted by Crippen LogP contribution is 2.56. The van der Waals surface area contributed by atoms with Crippen molar-refractivity contribution in [1.29, 1.82) is 0 Å². The van der Waals surface area contributed by atoms with Gasteiger partial charge in [-0.2, -0.15) is 0 Å². The molecule has 1 unspecified atom stereocenters. The topological polar surface area (TPSA) is 75.6 Å². The Hall–Kier alpha value is -3.55. The molecule has 1 fully saturated rings. The zero-order chi connectivity index (χ0) is 27.5. The number of anilines is 2. The summed E-state index contributed by atoms with van der Waals surface area (Å²) in [5, 5.41) is 0.535. The summed E-state index contributed by atoms with van der Waals surface area (Å²) in [5.41, 5.74) is 4.12. The van der Waals surface area contributed by atoms with E-state index in [4.69, 9.17) is 16.3 Å². The normalized spacial score (nSPS) is 22.8. The van der Waals surface area contributed by atoms with Crippen LogP contribution in [0.2, 0.25) is 5.02 Å². The van der Waals surface area contributed by atoms with Crippen LogP contribution in [0.4, 0.5) is 11.6 Å². The summed E-state index contributed by atoms with van der Waals surface area (Å²) in [6.45, 7) is 10.8. The minimum atomic E-state index is -0.491. The molecule has 200 valence electrons. The minimum absolute atomic E-state index is 0.189. The number of nitrogens with zero attached hydrogens (tertiary/aromatic N) is 4. The number of hydrogen-bond acceptors (Lipinski definition) is 6. The van der Waals surface area contributed by atoms with Gasteiger partial charge in [0.25, 0.3) is 5.91 Å². The number of halogens is 1. The first kappa shape index (κ1) is 25.7. The van der Waals surface area contributed by atoms with E-state index >= 15 is 0 Å². The maximum atomic E-state index is 14.0. The first-order chi connectivity index (χ1) is 18.6. The number of ketones is 1. The number of carbonyl (C=O) groups excluding carboxylic acids is 2. The first-order valence-electron chi connectivity index (χ1n) is 13.3. The van der Waals surface area contributed by atoms with E-state index in [2.05, 4.69) is 42.9 Å². The second-order valence-electron chi connectivity index (χ2n) is 11.4. The van der Waals surface area contributed by atoms with Crippen molar-refractivity contribution in [2.75, 3.05) is 36.1 Å². The highest BCUT2D eigenvalue weighted by atomic mass is 35.5. The first-order valence-corrected chi connectivity index (χ1v) is 13.6. The molecule has 7 nitrogen and oxygen atoms in total. The number of allylic oxidation sites excluding steroid dienone is 1. The SMILES string of the molecule is Cc1nc(N2CCOCC2)ncc1C(=O)C=C1C(=O)N2c3c1cc(Cl)cc3C(C)(c1ccccc1)CC2(C)C. The second kappa shape index (κ2) is 9.28. The Morgan fingerprint density at radius 3 is 2.51 bits per heavy atom. The van der Waals surface area contributed by atoms with Crippen molar-refractivity contribution in [1.82, 2.24) is 9.97 Å². The molecule has 8 heteroatoms. The van der Waals surface area contributed by atoms with Crippen LogP contribution in [0.5, 0.6) is 0 Å². The fraction of sp³-hybridized carbons (Fsp3) is 0.355. The molecule has 3 aliphatic heterocycles. The summed E-state index contributed by atoms with van der Waals surface area (Å²) in [6.07, 6.45) is 3.70. The fourth-order valence-electron chi connectivity index (χ4n) is 6.44. The summed E-state index contributed by atoms with van der Waals surface area (Å²) < 4.78 is 5.41. The summed E-state index contributed by atoms with van der Waals surface area (Å²) in [5.74, 6) is 0.0878. The summed E-state index contributed by atoms with van der Waals surface area (Å²) >= 11 is 6.67. The lowest BCUT2D eigenvalue weighted by atomic mass is 9.65. The van der Waals surface area contributed by atoms with E-state index < -0.39 is 5.54 Å². The summed E-state index contributed by atoms with van der Waals surface area (Å²) in [7, 11) is 0. The molecule has 3 aliphatic rings. The number of aromatic nitrogens is 2. The fourth-order valence-corrected chi connectivity index (χ4v) is 6.66. The van der Waals surface area contributed by atoms with Gasteiger partial charge in [0.05, 0.1) is 35.7 Å². The van der Waals surface area contributed by atoms with Crippen LogP contribution in [0.25, 0.3) is 5.57 Å². The van der Waals surface area contributed by atoms with Gasteiger partial charge in [0, 0.05) is 40.8 Å². The molecule has 1 aromatic heterocycles. The number of hydrogen-bond donors (Lipinski definition) is 0. The van der Waals surface area contributed by atoms with Crippen LogP contribution in [-0.2, 0) is 14.9 Å². The van der Waals surface area contributed by atoms with Crippen molar-refractivity contribution in [3.05, 3.63) is 87.7 Å². The van der Waals surface area contributed by atoms with Gasteiger partial charge in [-0.3, -0.25) is 9.59 Å². The van der Waals surface area contributed by atoms with Gasteiger partial charge in [-0.25, -0.2) is 9.97 Å². The molecule has 2 aromatic carbocycles. The van der Waals surface area contributed by atoms with Crippen LogP contribution in [0, 0.1) is 6.92 Å². The number of ether oxygens (including phenoxy) is 1. The van der Waals surface area contributed by atoms with E-state index in [0.717, 1.165) is 16.8 Å². The number of carbonyl (C=O) groups is 2. The maximum Gasteiger partial charge on any atom is 0.259 e. The van der Waals surface area contributed by atoms with Crippen molar-refractivity contribution in [3.63, 3.8) is 0 Å². The average Bonchev–Trinajstić information content (AvgIpc) is 3.19. The van der Waals surface area contributed by atoms with Crippen molar-refractivity contribution in [2.45, 2.75) is 45.1 Å². The third-order valence-corrected chi connectivity index (χ3v) is 8.44. The van der Waals surface area contributed by atoms with Crippen LogP contribution in [0.3, 0.4) is 0 Å². The zero-order valence-corrected chi connectivity index (χ0v) is 23.4. The van der Waals surface area contributed by atoms with Crippen LogP contribution in [0.15, 0.2) is 54.7 Å². The van der Waals surface area contributed by atoms with Crippen molar-refractivity contribution in [3.8, 4) is 0 Å². The van der Waals surface area contributed by atoms with Gasteiger partial charge in [-0.15, -0.1) is 0 Å². The Balaban J connectivity index is 1.44. The molecule has 6 rings (SSSR count). The predicted molar refractivity (Wildman–Crippen MR) is 153 cm³/mol. The number of aryl methyl sites for hydroxylation is 1. The molecule has 39 heavy (non-hydrogen) atoms. The molecule has 0 aliphatic carbocycles. The Labute approximate surface area is 233 Å².